The topological polar surface area (TPSA) is 307 Å². The van der Waals surface area contributed by atoms with Crippen LogP contribution in [0.5, 0.6) is 0 Å². The number of hydrogen-bond acceptors (Lipinski definition) is 19. The van der Waals surface area contributed by atoms with Gasteiger partial charge in [-0.3, -0.25) is 62.5 Å². The zero-order valence-electron chi connectivity index (χ0n) is 55.6. The summed E-state index contributed by atoms with van der Waals surface area (Å²) in [5.74, 6) is -6.14. The minimum atomic E-state index is -1.16. The Bertz CT molecular complexity index is 2690. The third-order valence-corrected chi connectivity index (χ3v) is 18.3. The van der Waals surface area contributed by atoms with Gasteiger partial charge in [0.2, 0.25) is 41.4 Å². The molecule has 0 aliphatic carbocycles. The minimum absolute atomic E-state index is 0.00153. The summed E-state index contributed by atoms with van der Waals surface area (Å²) in [5, 5.41) is 15.6. The van der Waals surface area contributed by atoms with Gasteiger partial charge in [0.15, 0.2) is 11.9 Å². The average molecular weight is 1300 g/mol. The van der Waals surface area contributed by atoms with Crippen LogP contribution in [-0.4, -0.2) is 200 Å². The molecule has 90 heavy (non-hydrogen) atoms. The van der Waals surface area contributed by atoms with E-state index in [4.69, 9.17) is 23.9 Å². The van der Waals surface area contributed by atoms with E-state index in [2.05, 4.69) is 26.6 Å². The first kappa shape index (κ1) is 77.9. The highest BCUT2D eigenvalue weighted by Crippen LogP contribution is 2.32. The van der Waals surface area contributed by atoms with E-state index in [1.165, 1.54) is 31.0 Å². The molecule has 504 valence electrons. The Morgan fingerprint density at radius 3 is 2.18 bits per heavy atom. The molecule has 3 rings (SSSR count). The highest BCUT2D eigenvalue weighted by Gasteiger charge is 2.40. The first-order valence-electron chi connectivity index (χ1n) is 31.2. The SMILES string of the molecule is CCC(C)[C@H](NC(=O)C(C)(C)N(C)C)C(=O)N(C)[C@H](C[C@@H](OC(=O)CC(C)C(=O)NC(C)C(=O)NC(CCCCNC(=O)CCN1C(=O)CC(SC)C1=O)C(=O)CCCOCCOC)c1nc(C(=O)N[C@@H](Cc2ccc(C)cc2)CC(C)OC=O)cs1)C(C)C. The predicted molar refractivity (Wildman–Crippen MR) is 344 cm³/mol. The standard InChI is InChI=1S/C64H101N9O15S2/c1-16-41(5)56(70-63(84)64(9,10)71(11)12)62(83)72(13)49(39(2)3)35-51(60-69-48(37-90-60)59(81)67-46(33-43(7)87-38-74)34-45-24-22-40(4)23-25-45)88-55(78)32-42(6)57(79)66-44(8)58(80)68-47(50(75)21-19-29-86-31-30-85-14)20-17-18-27-65-53(76)26-28-73-54(77)36-52(89-15)61(73)82/h22-25,37-39,41-44,46-47,49,51-52,56H,16-21,26-36H2,1-15H3,(H,65,76)(H,66,79)(H,67,81)(H,68,80)(H,70,84)/t41?,42?,43?,44?,46-,47?,49-,51-,52?,56+/m1/s1. The Morgan fingerprint density at radius 2 is 1.57 bits per heavy atom. The van der Waals surface area contributed by atoms with Gasteiger partial charge in [0.05, 0.1) is 36.5 Å². The number of thioether (sulfide) groups is 1. The summed E-state index contributed by atoms with van der Waals surface area (Å²) in [5.41, 5.74) is 1.08. The van der Waals surface area contributed by atoms with Crippen molar-refractivity contribution in [3.05, 3.63) is 51.5 Å². The first-order chi connectivity index (χ1) is 42.5. The second kappa shape index (κ2) is 39.1. The van der Waals surface area contributed by atoms with Crippen molar-refractivity contribution in [2.45, 2.75) is 199 Å². The molecule has 0 spiro atoms. The van der Waals surface area contributed by atoms with Crippen molar-refractivity contribution in [1.82, 2.24) is 46.3 Å². The molecule has 6 unspecified atom stereocenters. The number of hydrogen-bond donors (Lipinski definition) is 5. The summed E-state index contributed by atoms with van der Waals surface area (Å²) in [6, 6.07) is 3.71. The van der Waals surface area contributed by atoms with Gasteiger partial charge in [-0.2, -0.15) is 11.8 Å². The van der Waals surface area contributed by atoms with Gasteiger partial charge >= 0.3 is 5.97 Å². The molecule has 0 saturated carbocycles. The Kier molecular flexibility index (Phi) is 33.9. The molecule has 0 bridgehead atoms. The number of aryl methyl sites for hydroxylation is 1. The van der Waals surface area contributed by atoms with Crippen molar-refractivity contribution < 1.29 is 71.7 Å². The van der Waals surface area contributed by atoms with Crippen molar-refractivity contribution in [1.29, 1.82) is 0 Å². The van der Waals surface area contributed by atoms with Crippen molar-refractivity contribution in [2.75, 3.05) is 67.4 Å². The van der Waals surface area contributed by atoms with Crippen LogP contribution in [0.1, 0.15) is 166 Å². The normalized spacial score (nSPS) is 16.4. The van der Waals surface area contributed by atoms with E-state index in [0.717, 1.165) is 27.4 Å². The van der Waals surface area contributed by atoms with Crippen LogP contribution in [0.3, 0.4) is 0 Å². The lowest BCUT2D eigenvalue weighted by Crippen LogP contribution is -2.60. The third kappa shape index (κ3) is 25.4. The number of ether oxygens (including phenoxy) is 4. The molecule has 2 heterocycles. The monoisotopic (exact) mass is 1300 g/mol. The van der Waals surface area contributed by atoms with E-state index >= 15 is 0 Å². The number of methoxy groups -OCH3 is 1. The fourth-order valence-electron chi connectivity index (χ4n) is 9.86. The molecule has 5 N–H and O–H groups in total. The number of nitrogens with zero attached hydrogens (tertiary/aromatic N) is 4. The van der Waals surface area contributed by atoms with Crippen LogP contribution in [0.2, 0.25) is 0 Å². The molecule has 24 nitrogen and oxygen atoms in total. The minimum Gasteiger partial charge on any atom is -0.465 e. The van der Waals surface area contributed by atoms with E-state index in [9.17, 15) is 52.7 Å². The van der Waals surface area contributed by atoms with Crippen molar-refractivity contribution in [3.63, 3.8) is 0 Å². The fraction of sp³-hybridized carbons (Fsp3) is 0.688. The molecule has 1 saturated heterocycles. The van der Waals surface area contributed by atoms with Gasteiger partial charge < -0.3 is 50.4 Å². The van der Waals surface area contributed by atoms with Crippen LogP contribution in [0, 0.1) is 24.7 Å². The van der Waals surface area contributed by atoms with Crippen molar-refractivity contribution in [3.8, 4) is 0 Å². The number of rotatable bonds is 43. The number of unbranched alkanes of at least 4 members (excludes halogenated alkanes) is 1. The number of amides is 8. The molecule has 1 aromatic carbocycles. The first-order valence-corrected chi connectivity index (χ1v) is 33.4. The van der Waals surface area contributed by atoms with Crippen LogP contribution >= 0.6 is 23.1 Å². The van der Waals surface area contributed by atoms with E-state index in [0.29, 0.717) is 58.2 Å². The van der Waals surface area contributed by atoms with Gasteiger partial charge in [-0.25, -0.2) is 4.98 Å². The molecule has 1 aliphatic heterocycles. The van der Waals surface area contributed by atoms with Crippen molar-refractivity contribution in [2.24, 2.45) is 17.8 Å². The van der Waals surface area contributed by atoms with Crippen LogP contribution in [-0.2, 0) is 73.3 Å². The van der Waals surface area contributed by atoms with Gasteiger partial charge in [-0.1, -0.05) is 70.9 Å². The maximum Gasteiger partial charge on any atom is 0.307 e. The largest absolute Gasteiger partial charge is 0.465 e. The van der Waals surface area contributed by atoms with Gasteiger partial charge in [0, 0.05) is 89.3 Å². The Labute approximate surface area is 540 Å². The zero-order chi connectivity index (χ0) is 67.4. The molecule has 8 amide bonds. The molecule has 1 aromatic heterocycles. The maximum atomic E-state index is 14.7. The van der Waals surface area contributed by atoms with Crippen LogP contribution in [0.4, 0.5) is 0 Å². The molecule has 10 atom stereocenters. The van der Waals surface area contributed by atoms with Gasteiger partial charge in [0.1, 0.15) is 28.9 Å². The lowest BCUT2D eigenvalue weighted by atomic mass is 9.92. The number of aromatic nitrogens is 1. The Hall–Kier alpha value is -6.35. The summed E-state index contributed by atoms with van der Waals surface area (Å²) in [4.78, 5) is 156. The maximum absolute atomic E-state index is 14.7. The van der Waals surface area contributed by atoms with Gasteiger partial charge in [-0.15, -0.1) is 11.3 Å². The van der Waals surface area contributed by atoms with E-state index in [-0.39, 0.29) is 110 Å². The lowest BCUT2D eigenvalue weighted by Gasteiger charge is -2.38. The number of benzene rings is 1. The van der Waals surface area contributed by atoms with Crippen LogP contribution in [0.25, 0.3) is 0 Å². The van der Waals surface area contributed by atoms with E-state index < -0.39 is 89.2 Å². The summed E-state index contributed by atoms with van der Waals surface area (Å²) in [6.07, 6.45) is 2.48. The summed E-state index contributed by atoms with van der Waals surface area (Å²) in [6.45, 7) is 19.4. The Balaban J connectivity index is 1.84. The molecule has 2 aromatic rings. The average Bonchev–Trinajstić information content (AvgIpc) is 1.42. The van der Waals surface area contributed by atoms with Crippen LogP contribution < -0.4 is 26.6 Å². The molecule has 1 fully saturated rings. The highest BCUT2D eigenvalue weighted by molar-refractivity contribution is 8.00. The molecular formula is C64H101N9O15S2. The number of Topliss-reactive ketones (excluding diaryl/α,β-unsaturated/α-hetero) is 1. The quantitative estimate of drug-likeness (QED) is 0.0244. The van der Waals surface area contributed by atoms with E-state index in [1.807, 2.05) is 58.9 Å². The number of esters is 1. The molecule has 26 heteroatoms. The van der Waals surface area contributed by atoms with E-state index in [1.54, 1.807) is 65.1 Å². The summed E-state index contributed by atoms with van der Waals surface area (Å²) < 4.78 is 22.0. The van der Waals surface area contributed by atoms with Gasteiger partial charge in [0.25, 0.3) is 12.4 Å². The molecule has 1 aliphatic rings. The lowest BCUT2D eigenvalue weighted by molar-refractivity contribution is -0.154. The number of nitrogens with one attached hydrogen (secondary N) is 5. The third-order valence-electron chi connectivity index (χ3n) is 16.5. The number of carbonyl (C=O) groups excluding carboxylic acids is 11. The highest BCUT2D eigenvalue weighted by atomic mass is 32.2. The summed E-state index contributed by atoms with van der Waals surface area (Å²) >= 11 is 2.36. The van der Waals surface area contributed by atoms with Gasteiger partial charge in [-0.05, 0) is 104 Å². The second-order valence-electron chi connectivity index (χ2n) is 24.5. The number of carbonyl (C=O) groups is 11. The number of likely N-dealkylation sites (N-methyl/N-ethyl adjacent to an activating group) is 2. The molecule has 0 radical (unpaired) electrons. The fourth-order valence-corrected chi connectivity index (χ4v) is 11.3. The second-order valence-corrected chi connectivity index (χ2v) is 26.4. The van der Waals surface area contributed by atoms with Crippen LogP contribution in [0.15, 0.2) is 29.6 Å². The smallest absolute Gasteiger partial charge is 0.307 e. The Morgan fingerprint density at radius 1 is 0.878 bits per heavy atom. The van der Waals surface area contributed by atoms with Crippen molar-refractivity contribution >= 4 is 88.6 Å². The zero-order valence-corrected chi connectivity index (χ0v) is 57.2. The number of imide groups is 1. The predicted octanol–water partition coefficient (Wildman–Crippen LogP) is 5.27. The summed E-state index contributed by atoms with van der Waals surface area (Å²) in [7, 11) is 6.74. The molecular weight excluding hydrogens is 1200 g/mol. The number of thiazole rings is 1. The number of ketones is 1. The number of likely N-dealkylation sites (tertiary alicyclic amines) is 1.